The van der Waals surface area contributed by atoms with E-state index in [0.29, 0.717) is 17.0 Å². The normalized spacial score (nSPS) is 9.95. The molecule has 0 unspecified atom stereocenters. The Bertz CT molecular complexity index is 656. The zero-order chi connectivity index (χ0) is 15.2. The lowest BCUT2D eigenvalue weighted by atomic mass is 10.1. The van der Waals surface area contributed by atoms with Crippen molar-refractivity contribution in [1.29, 1.82) is 0 Å². The van der Waals surface area contributed by atoms with Crippen molar-refractivity contribution in [2.24, 2.45) is 5.73 Å². The molecule has 0 saturated carbocycles. The summed E-state index contributed by atoms with van der Waals surface area (Å²) in [4.78, 5) is 27.2. The third-order valence-corrected chi connectivity index (χ3v) is 2.85. The van der Waals surface area contributed by atoms with Crippen molar-refractivity contribution in [2.45, 2.75) is 6.42 Å². The van der Waals surface area contributed by atoms with E-state index in [-0.39, 0.29) is 12.3 Å². The number of primary amides is 1. The van der Waals surface area contributed by atoms with Crippen molar-refractivity contribution in [3.63, 3.8) is 0 Å². The Morgan fingerprint density at radius 3 is 2.76 bits per heavy atom. The van der Waals surface area contributed by atoms with Gasteiger partial charge in [-0.1, -0.05) is 6.07 Å². The van der Waals surface area contributed by atoms with E-state index in [1.165, 1.54) is 19.2 Å². The standard InChI is InChI=1S/C15H15N3O3/c1-21-13-5-4-11(15(16)20)8-12(13)18-14(19)7-10-3-2-6-17-9-10/h2-6,8-9H,7H2,1H3,(H2,16,20)(H,18,19). The molecule has 0 spiro atoms. The van der Waals surface area contributed by atoms with Crippen LogP contribution in [0.5, 0.6) is 5.75 Å². The second kappa shape index (κ2) is 6.51. The van der Waals surface area contributed by atoms with Gasteiger partial charge in [0, 0.05) is 18.0 Å². The van der Waals surface area contributed by atoms with Crippen molar-refractivity contribution in [2.75, 3.05) is 12.4 Å². The summed E-state index contributed by atoms with van der Waals surface area (Å²) in [6.45, 7) is 0. The number of hydrogen-bond donors (Lipinski definition) is 2. The number of carbonyl (C=O) groups is 2. The van der Waals surface area contributed by atoms with Gasteiger partial charge in [-0.3, -0.25) is 14.6 Å². The quantitative estimate of drug-likeness (QED) is 0.867. The summed E-state index contributed by atoms with van der Waals surface area (Å²) >= 11 is 0. The molecule has 0 fully saturated rings. The van der Waals surface area contributed by atoms with Crippen LogP contribution in [0.2, 0.25) is 0 Å². The number of nitrogens with two attached hydrogens (primary N) is 1. The van der Waals surface area contributed by atoms with Crippen LogP contribution in [0.4, 0.5) is 5.69 Å². The summed E-state index contributed by atoms with van der Waals surface area (Å²) in [6, 6.07) is 8.18. The van der Waals surface area contributed by atoms with Crippen LogP contribution in [-0.4, -0.2) is 23.9 Å². The molecule has 1 heterocycles. The van der Waals surface area contributed by atoms with Crippen LogP contribution in [0, 0.1) is 0 Å². The Kier molecular flexibility index (Phi) is 4.50. The number of aromatic nitrogens is 1. The summed E-state index contributed by atoms with van der Waals surface area (Å²) in [5.74, 6) is -0.345. The van der Waals surface area contributed by atoms with E-state index in [1.54, 1.807) is 24.5 Å². The molecule has 6 heteroatoms. The molecule has 2 amide bonds. The largest absolute Gasteiger partial charge is 0.495 e. The highest BCUT2D eigenvalue weighted by Crippen LogP contribution is 2.25. The molecule has 2 aromatic rings. The highest BCUT2D eigenvalue weighted by Gasteiger charge is 2.11. The monoisotopic (exact) mass is 285 g/mol. The van der Waals surface area contributed by atoms with E-state index < -0.39 is 5.91 Å². The average Bonchev–Trinajstić information content (AvgIpc) is 2.48. The molecule has 3 N–H and O–H groups in total. The minimum absolute atomic E-state index is 0.178. The fourth-order valence-electron chi connectivity index (χ4n) is 1.84. The summed E-state index contributed by atoms with van der Waals surface area (Å²) < 4.78 is 5.15. The zero-order valence-electron chi connectivity index (χ0n) is 11.5. The van der Waals surface area contributed by atoms with Crippen molar-refractivity contribution >= 4 is 17.5 Å². The molecule has 0 aliphatic rings. The molecule has 21 heavy (non-hydrogen) atoms. The maximum Gasteiger partial charge on any atom is 0.248 e. The van der Waals surface area contributed by atoms with Crippen molar-refractivity contribution in [3.8, 4) is 5.75 Å². The van der Waals surface area contributed by atoms with Gasteiger partial charge in [0.15, 0.2) is 0 Å². The third-order valence-electron chi connectivity index (χ3n) is 2.85. The molecule has 108 valence electrons. The number of rotatable bonds is 5. The van der Waals surface area contributed by atoms with E-state index in [9.17, 15) is 9.59 Å². The molecule has 6 nitrogen and oxygen atoms in total. The van der Waals surface area contributed by atoms with Crippen molar-refractivity contribution < 1.29 is 14.3 Å². The summed E-state index contributed by atoms with van der Waals surface area (Å²) in [6.07, 6.45) is 3.44. The van der Waals surface area contributed by atoms with Crippen LogP contribution in [0.3, 0.4) is 0 Å². The number of pyridine rings is 1. The molecule has 1 aromatic carbocycles. The smallest absolute Gasteiger partial charge is 0.248 e. The van der Waals surface area contributed by atoms with E-state index in [2.05, 4.69) is 10.3 Å². The SMILES string of the molecule is COc1ccc(C(N)=O)cc1NC(=O)Cc1cccnc1. The Balaban J connectivity index is 2.16. The number of ether oxygens (including phenoxy) is 1. The molecule has 0 bridgehead atoms. The maximum absolute atomic E-state index is 12.0. The van der Waals surface area contributed by atoms with E-state index in [1.807, 2.05) is 6.07 Å². The Morgan fingerprint density at radius 2 is 2.14 bits per heavy atom. The number of benzene rings is 1. The summed E-state index contributed by atoms with van der Waals surface area (Å²) in [7, 11) is 1.48. The van der Waals surface area contributed by atoms with Gasteiger partial charge in [-0.25, -0.2) is 0 Å². The third kappa shape index (κ3) is 3.79. The molecule has 0 saturated heterocycles. The Hall–Kier alpha value is -2.89. The van der Waals surface area contributed by atoms with Crippen LogP contribution in [0.25, 0.3) is 0 Å². The minimum Gasteiger partial charge on any atom is -0.495 e. The second-order valence-electron chi connectivity index (χ2n) is 4.37. The maximum atomic E-state index is 12.0. The molecule has 2 rings (SSSR count). The molecular formula is C15H15N3O3. The average molecular weight is 285 g/mol. The first kappa shape index (κ1) is 14.5. The number of carbonyl (C=O) groups excluding carboxylic acids is 2. The van der Waals surface area contributed by atoms with Crippen molar-refractivity contribution in [3.05, 3.63) is 53.9 Å². The van der Waals surface area contributed by atoms with Gasteiger partial charge in [0.25, 0.3) is 0 Å². The minimum atomic E-state index is -0.569. The van der Waals surface area contributed by atoms with Gasteiger partial charge in [-0.15, -0.1) is 0 Å². The van der Waals surface area contributed by atoms with E-state index >= 15 is 0 Å². The number of methoxy groups -OCH3 is 1. The molecule has 0 radical (unpaired) electrons. The topological polar surface area (TPSA) is 94.3 Å². The fourth-order valence-corrected chi connectivity index (χ4v) is 1.84. The first-order valence-electron chi connectivity index (χ1n) is 6.26. The Morgan fingerprint density at radius 1 is 1.33 bits per heavy atom. The second-order valence-corrected chi connectivity index (χ2v) is 4.37. The fraction of sp³-hybridized carbons (Fsp3) is 0.133. The van der Waals surface area contributed by atoms with Crippen LogP contribution < -0.4 is 15.8 Å². The lowest BCUT2D eigenvalue weighted by molar-refractivity contribution is -0.115. The van der Waals surface area contributed by atoms with Crippen LogP contribution >= 0.6 is 0 Å². The predicted octanol–water partition coefficient (Wildman–Crippen LogP) is 1.37. The van der Waals surface area contributed by atoms with E-state index in [4.69, 9.17) is 10.5 Å². The molecule has 0 atom stereocenters. The lowest BCUT2D eigenvalue weighted by Crippen LogP contribution is -2.16. The van der Waals surface area contributed by atoms with Gasteiger partial charge in [-0.2, -0.15) is 0 Å². The zero-order valence-corrected chi connectivity index (χ0v) is 11.5. The first-order chi connectivity index (χ1) is 10.1. The van der Waals surface area contributed by atoms with Gasteiger partial charge in [0.05, 0.1) is 19.2 Å². The van der Waals surface area contributed by atoms with Crippen molar-refractivity contribution in [1.82, 2.24) is 4.98 Å². The first-order valence-corrected chi connectivity index (χ1v) is 6.26. The summed E-state index contributed by atoms with van der Waals surface area (Å²) in [5.41, 5.74) is 6.72. The lowest BCUT2D eigenvalue weighted by Gasteiger charge is -2.11. The summed E-state index contributed by atoms with van der Waals surface area (Å²) in [5, 5.41) is 2.71. The Labute approximate surface area is 121 Å². The van der Waals surface area contributed by atoms with Gasteiger partial charge < -0.3 is 15.8 Å². The van der Waals surface area contributed by atoms with Gasteiger partial charge >= 0.3 is 0 Å². The van der Waals surface area contributed by atoms with Crippen LogP contribution in [-0.2, 0) is 11.2 Å². The van der Waals surface area contributed by atoms with E-state index in [0.717, 1.165) is 5.56 Å². The highest BCUT2D eigenvalue weighted by atomic mass is 16.5. The highest BCUT2D eigenvalue weighted by molar-refractivity contribution is 5.98. The molecule has 1 aromatic heterocycles. The van der Waals surface area contributed by atoms with Gasteiger partial charge in [0.2, 0.25) is 11.8 Å². The number of hydrogen-bond acceptors (Lipinski definition) is 4. The number of anilines is 1. The number of amides is 2. The van der Waals surface area contributed by atoms with Gasteiger partial charge in [-0.05, 0) is 29.8 Å². The molecule has 0 aliphatic heterocycles. The van der Waals surface area contributed by atoms with Crippen LogP contribution in [0.1, 0.15) is 15.9 Å². The molecule has 0 aliphatic carbocycles. The predicted molar refractivity (Wildman–Crippen MR) is 78.1 cm³/mol. The number of nitrogens with one attached hydrogen (secondary N) is 1. The number of nitrogens with zero attached hydrogens (tertiary/aromatic N) is 1. The molecular weight excluding hydrogens is 270 g/mol. The van der Waals surface area contributed by atoms with Crippen LogP contribution in [0.15, 0.2) is 42.7 Å². The van der Waals surface area contributed by atoms with Gasteiger partial charge in [0.1, 0.15) is 5.75 Å².